The molecule has 4 rings (SSSR count). The lowest BCUT2D eigenvalue weighted by Gasteiger charge is -2.32. The highest BCUT2D eigenvalue weighted by Gasteiger charge is 2.22. The van der Waals surface area contributed by atoms with E-state index in [1.807, 2.05) is 37.3 Å². The number of carbonyl (C=O) groups excluding carboxylic acids is 1. The van der Waals surface area contributed by atoms with Gasteiger partial charge in [0.15, 0.2) is 0 Å². The van der Waals surface area contributed by atoms with Gasteiger partial charge in [-0.25, -0.2) is 9.97 Å². The predicted octanol–water partition coefficient (Wildman–Crippen LogP) is 4.40. The maximum absolute atomic E-state index is 12.9. The second-order valence-electron chi connectivity index (χ2n) is 8.65. The third kappa shape index (κ3) is 6.17. The van der Waals surface area contributed by atoms with Gasteiger partial charge in [-0.05, 0) is 62.1 Å². The van der Waals surface area contributed by atoms with Crippen LogP contribution >= 0.6 is 0 Å². The van der Waals surface area contributed by atoms with Crippen LogP contribution in [0.3, 0.4) is 0 Å². The van der Waals surface area contributed by atoms with E-state index in [-0.39, 0.29) is 18.1 Å². The van der Waals surface area contributed by atoms with Crippen molar-refractivity contribution in [2.24, 2.45) is 0 Å². The van der Waals surface area contributed by atoms with Crippen molar-refractivity contribution < 1.29 is 9.53 Å². The van der Waals surface area contributed by atoms with E-state index >= 15 is 0 Å². The fraction of sp³-hybridized carbons (Fsp3) is 0.370. The summed E-state index contributed by atoms with van der Waals surface area (Å²) in [6.45, 7) is 5.16. The van der Waals surface area contributed by atoms with Crippen molar-refractivity contribution in [3.63, 3.8) is 0 Å². The average Bonchev–Trinajstić information content (AvgIpc) is 2.88. The summed E-state index contributed by atoms with van der Waals surface area (Å²) >= 11 is 0. The highest BCUT2D eigenvalue weighted by molar-refractivity contribution is 5.94. The maximum atomic E-state index is 12.9. The van der Waals surface area contributed by atoms with E-state index in [4.69, 9.17) is 4.74 Å². The third-order valence-electron chi connectivity index (χ3n) is 6.43. The minimum Gasteiger partial charge on any atom is -0.490 e. The zero-order valence-corrected chi connectivity index (χ0v) is 19.4. The molecule has 0 radical (unpaired) electrons. The zero-order valence-electron chi connectivity index (χ0n) is 19.4. The molecule has 2 heterocycles. The molecule has 0 saturated carbocycles. The first-order valence-corrected chi connectivity index (χ1v) is 11.7. The largest absolute Gasteiger partial charge is 0.490 e. The number of rotatable bonds is 8. The lowest BCUT2D eigenvalue weighted by molar-refractivity contribution is 0.0739. The number of likely N-dealkylation sites (tertiary alicyclic amines) is 1. The van der Waals surface area contributed by atoms with Gasteiger partial charge in [-0.15, -0.1) is 0 Å². The monoisotopic (exact) mass is 444 g/mol. The van der Waals surface area contributed by atoms with Gasteiger partial charge < -0.3 is 14.5 Å². The molecule has 6 heteroatoms. The van der Waals surface area contributed by atoms with E-state index in [2.05, 4.69) is 45.2 Å². The van der Waals surface area contributed by atoms with Crippen LogP contribution in [-0.2, 0) is 6.42 Å². The average molecular weight is 445 g/mol. The summed E-state index contributed by atoms with van der Waals surface area (Å²) < 4.78 is 6.21. The minimum absolute atomic E-state index is 0.0422. The fourth-order valence-corrected chi connectivity index (χ4v) is 4.18. The first-order chi connectivity index (χ1) is 16.1. The van der Waals surface area contributed by atoms with E-state index in [9.17, 15) is 4.79 Å². The number of hydrogen-bond donors (Lipinski definition) is 0. The smallest absolute Gasteiger partial charge is 0.254 e. The van der Waals surface area contributed by atoms with Gasteiger partial charge >= 0.3 is 0 Å². The lowest BCUT2D eigenvalue weighted by atomic mass is 10.1. The summed E-state index contributed by atoms with van der Waals surface area (Å²) in [5, 5.41) is 0. The first-order valence-electron chi connectivity index (χ1n) is 11.7. The molecule has 1 atom stereocenters. The summed E-state index contributed by atoms with van der Waals surface area (Å²) in [5.74, 6) is 0.778. The van der Waals surface area contributed by atoms with Crippen LogP contribution in [0.4, 0.5) is 0 Å². The molecule has 1 aromatic heterocycles. The van der Waals surface area contributed by atoms with E-state index in [0.29, 0.717) is 5.56 Å². The van der Waals surface area contributed by atoms with E-state index < -0.39 is 0 Å². The molecule has 0 unspecified atom stereocenters. The molecule has 172 valence electrons. The van der Waals surface area contributed by atoms with Gasteiger partial charge in [0.1, 0.15) is 18.2 Å². The Kier molecular flexibility index (Phi) is 7.68. The van der Waals surface area contributed by atoms with Crippen LogP contribution in [0, 0.1) is 0 Å². The number of benzene rings is 2. The number of piperidine rings is 1. The molecule has 2 aromatic carbocycles. The molecule has 6 nitrogen and oxygen atoms in total. The van der Waals surface area contributed by atoms with E-state index in [1.54, 1.807) is 18.1 Å². The fourth-order valence-electron chi connectivity index (χ4n) is 4.18. The Bertz CT molecular complexity index is 1000. The number of aromatic nitrogens is 2. The highest BCUT2D eigenvalue weighted by atomic mass is 16.5. The van der Waals surface area contributed by atoms with Crippen LogP contribution in [0.15, 0.2) is 73.2 Å². The van der Waals surface area contributed by atoms with Crippen molar-refractivity contribution in [2.45, 2.75) is 38.3 Å². The van der Waals surface area contributed by atoms with Gasteiger partial charge in [-0.2, -0.15) is 0 Å². The summed E-state index contributed by atoms with van der Waals surface area (Å²) in [6.07, 6.45) is 6.55. The quantitative estimate of drug-likeness (QED) is 0.516. The van der Waals surface area contributed by atoms with Gasteiger partial charge in [-0.1, -0.05) is 30.3 Å². The molecule has 3 aromatic rings. The lowest BCUT2D eigenvalue weighted by Crippen LogP contribution is -2.39. The second kappa shape index (κ2) is 11.1. The molecule has 0 aliphatic carbocycles. The van der Waals surface area contributed by atoms with Crippen molar-refractivity contribution in [1.82, 2.24) is 19.8 Å². The number of carbonyl (C=O) groups is 1. The van der Waals surface area contributed by atoms with Crippen LogP contribution in [0.2, 0.25) is 0 Å². The Hall–Kier alpha value is -3.25. The van der Waals surface area contributed by atoms with Crippen LogP contribution in [0.1, 0.15) is 47.4 Å². The van der Waals surface area contributed by atoms with Crippen molar-refractivity contribution in [1.29, 1.82) is 0 Å². The van der Waals surface area contributed by atoms with Crippen LogP contribution in [-0.4, -0.2) is 58.5 Å². The minimum atomic E-state index is -0.136. The second-order valence-corrected chi connectivity index (χ2v) is 8.65. The van der Waals surface area contributed by atoms with Crippen LogP contribution < -0.4 is 4.74 Å². The summed E-state index contributed by atoms with van der Waals surface area (Å²) in [6, 6.07) is 19.8. The highest BCUT2D eigenvalue weighted by Crippen LogP contribution is 2.22. The molecule has 1 aliphatic heterocycles. The van der Waals surface area contributed by atoms with Gasteiger partial charge in [0, 0.05) is 38.4 Å². The number of amides is 1. The molecular weight excluding hydrogens is 412 g/mol. The molecule has 1 amide bonds. The van der Waals surface area contributed by atoms with Gasteiger partial charge in [0.2, 0.25) is 0 Å². The number of nitrogens with zero attached hydrogens (tertiary/aromatic N) is 4. The van der Waals surface area contributed by atoms with Crippen LogP contribution in [0.5, 0.6) is 5.75 Å². The van der Waals surface area contributed by atoms with Gasteiger partial charge in [-0.3, -0.25) is 4.79 Å². The topological polar surface area (TPSA) is 58.6 Å². The molecule has 33 heavy (non-hydrogen) atoms. The Balaban J connectivity index is 1.24. The van der Waals surface area contributed by atoms with Gasteiger partial charge in [0.05, 0.1) is 11.7 Å². The number of ether oxygens (including phenoxy) is 1. The Labute approximate surface area is 196 Å². The van der Waals surface area contributed by atoms with Crippen LogP contribution in [0.25, 0.3) is 0 Å². The van der Waals surface area contributed by atoms with Crippen molar-refractivity contribution >= 4 is 5.91 Å². The number of hydrogen-bond acceptors (Lipinski definition) is 5. The molecule has 1 aliphatic rings. The Morgan fingerprint density at radius 3 is 2.48 bits per heavy atom. The van der Waals surface area contributed by atoms with Gasteiger partial charge in [0.25, 0.3) is 5.91 Å². The summed E-state index contributed by atoms with van der Waals surface area (Å²) in [5.41, 5.74) is 2.85. The molecule has 0 N–H and O–H groups in total. The van der Waals surface area contributed by atoms with Crippen molar-refractivity contribution in [3.05, 3.63) is 90.0 Å². The standard InChI is InChI=1S/C27H32N4O2/c1-21(26-12-16-28-20-29-26)30(2)27(32)23-8-10-24(11-9-23)33-25-14-18-31(19-15-25)17-13-22-6-4-3-5-7-22/h3-12,16,20-21,25H,13-15,17-19H2,1-2H3/t21-/m0/s1. The van der Waals surface area contributed by atoms with Crippen molar-refractivity contribution in [3.8, 4) is 5.75 Å². The SMILES string of the molecule is C[C@@H](c1ccncn1)N(C)C(=O)c1ccc(OC2CCN(CCc3ccccc3)CC2)cc1. The predicted molar refractivity (Wildman–Crippen MR) is 129 cm³/mol. The zero-order chi connectivity index (χ0) is 23.0. The first kappa shape index (κ1) is 22.9. The normalized spacial score (nSPS) is 15.7. The Morgan fingerprint density at radius 2 is 1.82 bits per heavy atom. The summed E-state index contributed by atoms with van der Waals surface area (Å²) in [7, 11) is 1.80. The molecular formula is C27H32N4O2. The molecule has 0 spiro atoms. The third-order valence-corrected chi connectivity index (χ3v) is 6.43. The Morgan fingerprint density at radius 1 is 1.09 bits per heavy atom. The molecule has 0 bridgehead atoms. The molecule has 1 saturated heterocycles. The molecule has 1 fully saturated rings. The maximum Gasteiger partial charge on any atom is 0.254 e. The van der Waals surface area contributed by atoms with E-state index in [1.165, 1.54) is 11.9 Å². The van der Waals surface area contributed by atoms with E-state index in [0.717, 1.165) is 50.3 Å². The van der Waals surface area contributed by atoms with Crippen molar-refractivity contribution in [2.75, 3.05) is 26.7 Å². The summed E-state index contributed by atoms with van der Waals surface area (Å²) in [4.78, 5) is 25.3.